The van der Waals surface area contributed by atoms with Crippen molar-refractivity contribution in [1.82, 2.24) is 0 Å². The molecule has 0 spiro atoms. The molecule has 1 aliphatic heterocycles. The van der Waals surface area contributed by atoms with Crippen molar-refractivity contribution in [2.75, 3.05) is 23.9 Å². The van der Waals surface area contributed by atoms with E-state index in [0.717, 1.165) is 6.61 Å². The molecule has 0 aromatic rings. The Labute approximate surface area is 109 Å². The Kier molecular flexibility index (Phi) is 6.74. The van der Waals surface area contributed by atoms with Crippen LogP contribution in [0.3, 0.4) is 0 Å². The van der Waals surface area contributed by atoms with Gasteiger partial charge < -0.3 is 4.74 Å². The third kappa shape index (κ3) is 5.05. The third-order valence-electron chi connectivity index (χ3n) is 2.86. The molecule has 0 bridgehead atoms. The van der Waals surface area contributed by atoms with Crippen LogP contribution in [0.2, 0.25) is 0 Å². The molecule has 94 valence electrons. The van der Waals surface area contributed by atoms with E-state index in [1.54, 1.807) is 0 Å². The first-order valence-corrected chi connectivity index (χ1v) is 8.29. The van der Waals surface area contributed by atoms with Crippen molar-refractivity contribution in [1.29, 1.82) is 0 Å². The number of thioether (sulfide) groups is 2. The predicted molar refractivity (Wildman–Crippen MR) is 77.4 cm³/mol. The zero-order chi connectivity index (χ0) is 11.9. The average molecular weight is 260 g/mol. The third-order valence-corrected chi connectivity index (χ3v) is 6.21. The van der Waals surface area contributed by atoms with Gasteiger partial charge in [-0.3, -0.25) is 0 Å². The molecule has 0 aliphatic carbocycles. The zero-order valence-electron chi connectivity index (χ0n) is 10.8. The fourth-order valence-corrected chi connectivity index (χ4v) is 5.02. The highest BCUT2D eigenvalue weighted by molar-refractivity contribution is 8.07. The van der Waals surface area contributed by atoms with E-state index in [9.17, 15) is 0 Å². The topological polar surface area (TPSA) is 9.23 Å². The van der Waals surface area contributed by atoms with Gasteiger partial charge in [-0.05, 0) is 38.7 Å². The maximum Gasteiger partial charge on any atom is 0.0873 e. The van der Waals surface area contributed by atoms with Gasteiger partial charge in [0, 0.05) is 22.0 Å². The smallest absolute Gasteiger partial charge is 0.0873 e. The largest absolute Gasteiger partial charge is 0.501 e. The summed E-state index contributed by atoms with van der Waals surface area (Å²) < 4.78 is 6.04. The molecule has 0 aromatic heterocycles. The fraction of sp³-hybridized carbons (Fsp3) is 0.846. The van der Waals surface area contributed by atoms with Gasteiger partial charge in [-0.1, -0.05) is 6.92 Å². The van der Waals surface area contributed by atoms with Crippen molar-refractivity contribution < 1.29 is 4.74 Å². The highest BCUT2D eigenvalue weighted by atomic mass is 32.2. The molecule has 0 aromatic carbocycles. The number of allylic oxidation sites excluding steroid dienone is 1. The van der Waals surface area contributed by atoms with Crippen LogP contribution < -0.4 is 0 Å². The summed E-state index contributed by atoms with van der Waals surface area (Å²) in [5.41, 5.74) is 1.24. The summed E-state index contributed by atoms with van der Waals surface area (Å²) in [5, 5.41) is 0. The molecular formula is C13H24OS2. The minimum absolute atomic E-state index is 0.539. The van der Waals surface area contributed by atoms with Crippen LogP contribution in [0.15, 0.2) is 11.8 Å². The van der Waals surface area contributed by atoms with Gasteiger partial charge in [0.05, 0.1) is 12.9 Å². The first-order chi connectivity index (χ1) is 7.68. The molecule has 0 radical (unpaired) electrons. The standard InChI is InChI=1S/C13H24OS2/c1-4-13(11-15-8-9-16-13)6-5-7-14-10-12(2)3/h10H,4-9,11H2,1-3H3. The first kappa shape index (κ1) is 14.3. The van der Waals surface area contributed by atoms with E-state index in [2.05, 4.69) is 44.3 Å². The van der Waals surface area contributed by atoms with Crippen LogP contribution in [0, 0.1) is 0 Å². The lowest BCUT2D eigenvalue weighted by Gasteiger charge is -2.35. The predicted octanol–water partition coefficient (Wildman–Crippen LogP) is 4.34. The zero-order valence-corrected chi connectivity index (χ0v) is 12.4. The highest BCUT2D eigenvalue weighted by Gasteiger charge is 2.30. The Morgan fingerprint density at radius 2 is 2.19 bits per heavy atom. The summed E-state index contributed by atoms with van der Waals surface area (Å²) in [6.45, 7) is 7.34. The second kappa shape index (κ2) is 7.54. The Morgan fingerprint density at radius 1 is 1.38 bits per heavy atom. The second-order valence-electron chi connectivity index (χ2n) is 4.61. The molecule has 3 heteroatoms. The van der Waals surface area contributed by atoms with E-state index in [1.165, 1.54) is 42.1 Å². The van der Waals surface area contributed by atoms with Crippen LogP contribution in [0.25, 0.3) is 0 Å². The average Bonchev–Trinajstić information content (AvgIpc) is 2.29. The van der Waals surface area contributed by atoms with Gasteiger partial charge in [0.2, 0.25) is 0 Å². The van der Waals surface area contributed by atoms with Crippen LogP contribution in [0.5, 0.6) is 0 Å². The molecule has 1 aliphatic rings. The second-order valence-corrected chi connectivity index (χ2v) is 7.28. The molecule has 1 rings (SSSR count). The van der Waals surface area contributed by atoms with Crippen molar-refractivity contribution in [2.45, 2.75) is 44.8 Å². The summed E-state index contributed by atoms with van der Waals surface area (Å²) in [4.78, 5) is 0. The quantitative estimate of drug-likeness (QED) is 0.519. The number of ether oxygens (including phenoxy) is 1. The van der Waals surface area contributed by atoms with Crippen molar-refractivity contribution in [3.63, 3.8) is 0 Å². The summed E-state index contributed by atoms with van der Waals surface area (Å²) >= 11 is 4.30. The first-order valence-electron chi connectivity index (χ1n) is 6.15. The lowest BCUT2D eigenvalue weighted by Crippen LogP contribution is -2.31. The Morgan fingerprint density at radius 3 is 2.75 bits per heavy atom. The number of hydrogen-bond acceptors (Lipinski definition) is 3. The van der Waals surface area contributed by atoms with Gasteiger partial charge in [0.15, 0.2) is 0 Å². The van der Waals surface area contributed by atoms with Crippen LogP contribution in [-0.4, -0.2) is 28.6 Å². The van der Waals surface area contributed by atoms with E-state index >= 15 is 0 Å². The van der Waals surface area contributed by atoms with Crippen LogP contribution in [0.4, 0.5) is 0 Å². The van der Waals surface area contributed by atoms with Crippen molar-refractivity contribution in [3.8, 4) is 0 Å². The molecule has 1 fully saturated rings. The molecule has 0 N–H and O–H groups in total. The van der Waals surface area contributed by atoms with Gasteiger partial charge in [0.25, 0.3) is 0 Å². The van der Waals surface area contributed by atoms with Crippen LogP contribution in [-0.2, 0) is 4.74 Å². The SMILES string of the molecule is CCC1(CCCOC=C(C)C)CSCCS1. The molecule has 0 amide bonds. The normalized spacial score (nSPS) is 25.2. The highest BCUT2D eigenvalue weighted by Crippen LogP contribution is 2.40. The Bertz CT molecular complexity index is 216. The fourth-order valence-electron chi connectivity index (χ4n) is 1.85. The van der Waals surface area contributed by atoms with E-state index in [0.29, 0.717) is 4.75 Å². The molecule has 0 saturated carbocycles. The van der Waals surface area contributed by atoms with E-state index in [4.69, 9.17) is 4.74 Å². The summed E-state index contributed by atoms with van der Waals surface area (Å²) in [6.07, 6.45) is 5.66. The van der Waals surface area contributed by atoms with Crippen LogP contribution >= 0.6 is 23.5 Å². The number of hydrogen-bond donors (Lipinski definition) is 0. The van der Waals surface area contributed by atoms with Crippen molar-refractivity contribution >= 4 is 23.5 Å². The van der Waals surface area contributed by atoms with E-state index in [1.807, 2.05) is 6.26 Å². The van der Waals surface area contributed by atoms with Gasteiger partial charge >= 0.3 is 0 Å². The Balaban J connectivity index is 2.20. The minimum atomic E-state index is 0.539. The lowest BCUT2D eigenvalue weighted by atomic mass is 10.0. The lowest BCUT2D eigenvalue weighted by molar-refractivity contribution is 0.234. The molecule has 1 atom stereocenters. The van der Waals surface area contributed by atoms with E-state index in [-0.39, 0.29) is 0 Å². The number of rotatable bonds is 6. The van der Waals surface area contributed by atoms with Crippen LogP contribution in [0.1, 0.15) is 40.0 Å². The maximum absolute atomic E-state index is 5.50. The van der Waals surface area contributed by atoms with Crippen molar-refractivity contribution in [3.05, 3.63) is 11.8 Å². The van der Waals surface area contributed by atoms with Gasteiger partial charge in [-0.2, -0.15) is 23.5 Å². The molecule has 1 saturated heterocycles. The summed E-state index contributed by atoms with van der Waals surface area (Å²) in [5.74, 6) is 3.99. The minimum Gasteiger partial charge on any atom is -0.501 e. The van der Waals surface area contributed by atoms with E-state index < -0.39 is 0 Å². The molecular weight excluding hydrogens is 236 g/mol. The monoisotopic (exact) mass is 260 g/mol. The molecule has 1 nitrogen and oxygen atoms in total. The molecule has 1 unspecified atom stereocenters. The summed E-state index contributed by atoms with van der Waals surface area (Å²) in [7, 11) is 0. The molecule has 1 heterocycles. The van der Waals surface area contributed by atoms with Gasteiger partial charge in [0.1, 0.15) is 0 Å². The van der Waals surface area contributed by atoms with Gasteiger partial charge in [-0.25, -0.2) is 0 Å². The van der Waals surface area contributed by atoms with Gasteiger partial charge in [-0.15, -0.1) is 0 Å². The molecule has 16 heavy (non-hydrogen) atoms. The maximum atomic E-state index is 5.50. The Hall–Kier alpha value is 0.240. The summed E-state index contributed by atoms with van der Waals surface area (Å²) in [6, 6.07) is 0. The van der Waals surface area contributed by atoms with Crippen molar-refractivity contribution in [2.24, 2.45) is 0 Å².